The van der Waals surface area contributed by atoms with Crippen molar-refractivity contribution in [2.45, 2.75) is 102 Å². The van der Waals surface area contributed by atoms with Gasteiger partial charge < -0.3 is 14.6 Å². The Morgan fingerprint density at radius 3 is 2.52 bits per heavy atom. The van der Waals surface area contributed by atoms with Crippen LogP contribution in [-0.4, -0.2) is 69.2 Å². The van der Waals surface area contributed by atoms with Gasteiger partial charge in [-0.25, -0.2) is 23.1 Å². The first kappa shape index (κ1) is 34.7. The lowest BCUT2D eigenvalue weighted by Gasteiger charge is -2.37. The molecule has 2 atom stereocenters. The zero-order chi connectivity index (χ0) is 34.8. The number of hydrogen-bond donors (Lipinski definition) is 2. The van der Waals surface area contributed by atoms with E-state index in [4.69, 9.17) is 14.4 Å². The second kappa shape index (κ2) is 12.6. The zero-order valence-corrected chi connectivity index (χ0v) is 31.6. The second-order valence-electron chi connectivity index (χ2n) is 14.7. The number of anilines is 3. The molecule has 14 heteroatoms. The highest BCUT2D eigenvalue weighted by Crippen LogP contribution is 2.43. The number of aromatic nitrogens is 2. The molecule has 1 saturated carbocycles. The predicted molar refractivity (Wildman–Crippen MR) is 192 cm³/mol. The Morgan fingerprint density at radius 2 is 1.85 bits per heavy atom. The molecular formula is C34H46N6O5S2Si. The fourth-order valence-corrected chi connectivity index (χ4v) is 9.24. The standard InChI is InChI=1S/C34H46N6O5S2Si/c1-20-31(23-16-24-18-39(21(2)22-12-13-22)32(42)30(24)26(17-23)47(43,44)35-6)46-33(36-20)38-27-10-9-11-28(37-27)40-25(14-15-29(40)41)19-45-48(7,8)34(3,4)5/h9-11,16-17,21-22,25,35H,12-15,18-19H2,1-8H3,(H,36,37,38)/t21-,25-/m0/s1. The molecule has 3 aliphatic rings. The Labute approximate surface area is 288 Å². The summed E-state index contributed by atoms with van der Waals surface area (Å²) < 4.78 is 35.3. The third kappa shape index (κ3) is 6.57. The van der Waals surface area contributed by atoms with Crippen molar-refractivity contribution >= 4 is 58.3 Å². The largest absolute Gasteiger partial charge is 0.415 e. The Bertz CT molecular complexity index is 1870. The molecule has 4 heterocycles. The van der Waals surface area contributed by atoms with Crippen molar-refractivity contribution in [2.24, 2.45) is 5.92 Å². The topological polar surface area (TPSA) is 134 Å². The molecule has 1 aliphatic carbocycles. The van der Waals surface area contributed by atoms with Gasteiger partial charge in [-0.15, -0.1) is 0 Å². The van der Waals surface area contributed by atoms with Crippen LogP contribution in [0.3, 0.4) is 0 Å². The van der Waals surface area contributed by atoms with Crippen molar-refractivity contribution in [2.75, 3.05) is 23.9 Å². The molecule has 11 nitrogen and oxygen atoms in total. The van der Waals surface area contributed by atoms with Crippen LogP contribution in [0.5, 0.6) is 0 Å². The minimum atomic E-state index is -3.92. The van der Waals surface area contributed by atoms with Crippen LogP contribution < -0.4 is 14.9 Å². The van der Waals surface area contributed by atoms with Gasteiger partial charge in [-0.2, -0.15) is 0 Å². The van der Waals surface area contributed by atoms with Crippen LogP contribution in [0.2, 0.25) is 18.1 Å². The lowest BCUT2D eigenvalue weighted by molar-refractivity contribution is -0.117. The first-order valence-corrected chi connectivity index (χ1v) is 21.8. The van der Waals surface area contributed by atoms with Gasteiger partial charge in [-0.05, 0) is 99.6 Å². The fourth-order valence-electron chi connectivity index (χ4n) is 6.25. The van der Waals surface area contributed by atoms with Crippen molar-refractivity contribution in [1.82, 2.24) is 19.6 Å². The maximum absolute atomic E-state index is 13.5. The predicted octanol–water partition coefficient (Wildman–Crippen LogP) is 6.44. The van der Waals surface area contributed by atoms with Crippen LogP contribution in [-0.2, 0) is 25.8 Å². The maximum atomic E-state index is 13.5. The Kier molecular flexibility index (Phi) is 9.11. The Hall–Kier alpha value is -3.17. The van der Waals surface area contributed by atoms with E-state index in [0.29, 0.717) is 53.4 Å². The van der Waals surface area contributed by atoms with E-state index in [-0.39, 0.29) is 39.4 Å². The third-order valence-electron chi connectivity index (χ3n) is 10.4. The number of nitrogens with one attached hydrogen (secondary N) is 2. The summed E-state index contributed by atoms with van der Waals surface area (Å²) in [7, 11) is -4.54. The lowest BCUT2D eigenvalue weighted by Crippen LogP contribution is -2.45. The molecule has 2 aromatic heterocycles. The molecule has 1 aromatic carbocycles. The smallest absolute Gasteiger partial charge is 0.256 e. The van der Waals surface area contributed by atoms with E-state index in [2.05, 4.69) is 43.9 Å². The summed E-state index contributed by atoms with van der Waals surface area (Å²) in [6.45, 7) is 15.8. The van der Waals surface area contributed by atoms with Gasteiger partial charge in [-0.3, -0.25) is 14.5 Å². The van der Waals surface area contributed by atoms with Crippen molar-refractivity contribution in [3.05, 3.63) is 47.2 Å². The lowest BCUT2D eigenvalue weighted by atomic mass is 10.0. The molecular weight excluding hydrogens is 665 g/mol. The fraction of sp³-hybridized carbons (Fsp3) is 0.529. The van der Waals surface area contributed by atoms with Gasteiger partial charge in [-0.1, -0.05) is 38.2 Å². The summed E-state index contributed by atoms with van der Waals surface area (Å²) in [4.78, 5) is 40.5. The van der Waals surface area contributed by atoms with Crippen molar-refractivity contribution in [3.8, 4) is 10.4 Å². The SMILES string of the molecule is CNS(=O)(=O)c1cc(-c2sc(Nc3cccc(N4C(=O)CC[C@H]4CO[Si](C)(C)C(C)(C)C)n3)nc2C)cc2c1C(=O)N([C@@H](C)C1CC1)C2. The minimum Gasteiger partial charge on any atom is -0.415 e. The van der Waals surface area contributed by atoms with Crippen LogP contribution in [0.1, 0.15) is 75.0 Å². The number of carbonyl (C=O) groups excluding carboxylic acids is 2. The molecule has 0 radical (unpaired) electrons. The summed E-state index contributed by atoms with van der Waals surface area (Å²) in [5.41, 5.74) is 2.37. The molecule has 1 saturated heterocycles. The minimum absolute atomic E-state index is 0.00737. The number of amides is 2. The summed E-state index contributed by atoms with van der Waals surface area (Å²) in [6, 6.07) is 9.02. The molecule has 2 aliphatic heterocycles. The van der Waals surface area contributed by atoms with E-state index >= 15 is 0 Å². The quantitative estimate of drug-likeness (QED) is 0.218. The molecule has 0 spiro atoms. The molecule has 48 heavy (non-hydrogen) atoms. The normalized spacial score (nSPS) is 19.3. The van der Waals surface area contributed by atoms with E-state index < -0.39 is 18.3 Å². The number of pyridine rings is 1. The van der Waals surface area contributed by atoms with Crippen LogP contribution in [0.25, 0.3) is 10.4 Å². The average Bonchev–Trinajstić information content (AvgIpc) is 3.61. The van der Waals surface area contributed by atoms with Crippen LogP contribution in [0, 0.1) is 12.8 Å². The van der Waals surface area contributed by atoms with Gasteiger partial charge in [0, 0.05) is 19.0 Å². The number of sulfonamides is 1. The van der Waals surface area contributed by atoms with E-state index in [9.17, 15) is 18.0 Å². The van der Waals surface area contributed by atoms with E-state index in [0.717, 1.165) is 29.8 Å². The molecule has 2 N–H and O–H groups in total. The van der Waals surface area contributed by atoms with Crippen LogP contribution in [0.15, 0.2) is 35.2 Å². The number of aryl methyl sites for hydroxylation is 1. The van der Waals surface area contributed by atoms with Crippen LogP contribution >= 0.6 is 11.3 Å². The highest BCUT2D eigenvalue weighted by molar-refractivity contribution is 7.89. The van der Waals surface area contributed by atoms with Gasteiger partial charge in [0.25, 0.3) is 5.91 Å². The highest BCUT2D eigenvalue weighted by Gasteiger charge is 2.42. The molecule has 6 rings (SSSR count). The van der Waals surface area contributed by atoms with Crippen molar-refractivity contribution in [3.63, 3.8) is 0 Å². The Morgan fingerprint density at radius 1 is 1.12 bits per heavy atom. The summed E-state index contributed by atoms with van der Waals surface area (Å²) in [6.07, 6.45) is 3.34. The number of nitrogens with zero attached hydrogens (tertiary/aromatic N) is 4. The number of benzene rings is 1. The first-order valence-electron chi connectivity index (χ1n) is 16.6. The molecule has 258 valence electrons. The van der Waals surface area contributed by atoms with Gasteiger partial charge in [0.1, 0.15) is 11.6 Å². The Balaban J connectivity index is 1.26. The third-order valence-corrected chi connectivity index (χ3v) is 17.5. The summed E-state index contributed by atoms with van der Waals surface area (Å²) in [5.74, 6) is 1.36. The van der Waals surface area contributed by atoms with Gasteiger partial charge >= 0.3 is 0 Å². The molecule has 0 unspecified atom stereocenters. The number of thiazole rings is 1. The van der Waals surface area contributed by atoms with E-state index in [1.807, 2.05) is 38.1 Å². The number of fused-ring (bicyclic) bond motifs is 1. The number of rotatable bonds is 11. The van der Waals surface area contributed by atoms with E-state index in [1.54, 1.807) is 15.9 Å². The zero-order valence-electron chi connectivity index (χ0n) is 29.0. The van der Waals surface area contributed by atoms with Gasteiger partial charge in [0.2, 0.25) is 15.9 Å². The van der Waals surface area contributed by atoms with Gasteiger partial charge in [0.05, 0.1) is 33.7 Å². The first-order chi connectivity index (χ1) is 22.5. The molecule has 3 aromatic rings. The second-order valence-corrected chi connectivity index (χ2v) is 22.4. The average molecular weight is 711 g/mol. The maximum Gasteiger partial charge on any atom is 0.256 e. The molecule has 2 amide bonds. The molecule has 0 bridgehead atoms. The van der Waals surface area contributed by atoms with Crippen molar-refractivity contribution in [1.29, 1.82) is 0 Å². The van der Waals surface area contributed by atoms with Crippen LogP contribution in [0.4, 0.5) is 16.8 Å². The van der Waals surface area contributed by atoms with E-state index in [1.165, 1.54) is 18.4 Å². The highest BCUT2D eigenvalue weighted by atomic mass is 32.2. The number of hydrogen-bond acceptors (Lipinski definition) is 9. The summed E-state index contributed by atoms with van der Waals surface area (Å²) >= 11 is 1.38. The van der Waals surface area contributed by atoms with Gasteiger partial charge in [0.15, 0.2) is 13.4 Å². The summed E-state index contributed by atoms with van der Waals surface area (Å²) in [5, 5.41) is 3.95. The van der Waals surface area contributed by atoms with Crippen molar-refractivity contribution < 1.29 is 22.4 Å². The number of carbonyl (C=O) groups is 2. The monoisotopic (exact) mass is 710 g/mol. The molecule has 2 fully saturated rings.